The van der Waals surface area contributed by atoms with Gasteiger partial charge in [0.25, 0.3) is 0 Å². The van der Waals surface area contributed by atoms with Gasteiger partial charge in [-0.15, -0.1) is 0 Å². The summed E-state index contributed by atoms with van der Waals surface area (Å²) in [4.78, 5) is 44.4. The molecule has 9 aromatic rings. The zero-order chi connectivity index (χ0) is 77.4. The number of piperidine rings is 1. The molecule has 0 unspecified atom stereocenters. The molecule has 5 aromatic carbocycles. The lowest BCUT2D eigenvalue weighted by atomic mass is 9.96. The minimum Gasteiger partial charge on any atom is -0.383 e. The number of halogens is 4. The molecule has 5 fully saturated rings. The number of nitrogens with zero attached hydrogens (tertiary/aromatic N) is 17. The standard InChI is InChI=1S/C16H21ClN4O.C16H25N5O4S2.C15H15ClN6.C13H17ClN4O2S.C12H14ClN3/c1-10(22)21-5-4-20(9-16(21,2)3)14-7-11(17)6-12-13(14)8-19-15(12)18;1-16(2)11-20(6-7-21(16)27(5,24)25)15-9-12(19(3)26(4,22)23)8-14-13(15)10-17-18-14;16-11-8-13-12(10-19-20-13)14(9-11)21-4-6-22(7-5-21)15-17-2-1-3-18-15;1-21(19,20)18-4-2-17(3-5-18)12-7-9(14)6-10-11(12)8-16-13(10)15;13-9-6-11-10(8-14-15-11)12(7-9)16-4-2-1-3-5-16/h6-7H,4-5,8-9H2,1-3H3,(H2,18,19);8-10H,6-7,11H2,1-5H3,(H,17,18);1-3,8-10H,4-7H2,(H,19,20);6-7H,2-5,8H2,1H3,(H2,15,16);6-8H,1-5H2,(H,14,15). The summed E-state index contributed by atoms with van der Waals surface area (Å²) in [6, 6.07) is 20.9. The molecule has 1 amide bonds. The van der Waals surface area contributed by atoms with Crippen molar-refractivity contribution in [1.82, 2.24) is 54.1 Å². The molecule has 29 nitrogen and oxygen atoms in total. The summed E-state index contributed by atoms with van der Waals surface area (Å²) in [5.41, 5.74) is 23.6. The van der Waals surface area contributed by atoms with Gasteiger partial charge in [-0.2, -0.15) is 23.9 Å². The largest absolute Gasteiger partial charge is 0.383 e. The Kier molecular flexibility index (Phi) is 23.6. The van der Waals surface area contributed by atoms with Gasteiger partial charge in [-0.3, -0.25) is 34.4 Å². The minimum atomic E-state index is -3.41. The molecule has 0 saturated carbocycles. The lowest BCUT2D eigenvalue weighted by molar-refractivity contribution is -0.134. The number of hydrogen-bond donors (Lipinski definition) is 5. The van der Waals surface area contributed by atoms with Crippen LogP contribution in [0, 0.1) is 0 Å². The van der Waals surface area contributed by atoms with Crippen LogP contribution in [0.25, 0.3) is 32.7 Å². The molecule has 16 rings (SSSR count). The maximum Gasteiger partial charge on any atom is 0.231 e. The number of benzene rings is 5. The third-order valence-corrected chi connectivity index (χ3v) is 25.4. The number of aromatic amines is 3. The van der Waals surface area contributed by atoms with Crippen molar-refractivity contribution in [3.8, 4) is 0 Å². The number of sulfonamides is 3. The van der Waals surface area contributed by atoms with E-state index >= 15 is 0 Å². The van der Waals surface area contributed by atoms with E-state index in [1.807, 2.05) is 91.8 Å². The van der Waals surface area contributed by atoms with Gasteiger partial charge in [-0.05, 0) is 114 Å². The molecule has 36 heteroatoms. The molecule has 0 aliphatic carbocycles. The topological polar surface area (TPSA) is 340 Å². The second-order valence-corrected chi connectivity index (χ2v) is 36.7. The van der Waals surface area contributed by atoms with Crippen LogP contribution in [0.4, 0.5) is 40.1 Å². The number of fused-ring (bicyclic) bond motifs is 5. The predicted octanol–water partition coefficient (Wildman–Crippen LogP) is 9.00. The number of carbonyl (C=O) groups is 1. The Morgan fingerprint density at radius 3 is 1.36 bits per heavy atom. The highest BCUT2D eigenvalue weighted by Gasteiger charge is 2.41. The van der Waals surface area contributed by atoms with E-state index in [0.717, 1.165) is 147 Å². The molecule has 7 N–H and O–H groups in total. The van der Waals surface area contributed by atoms with Crippen LogP contribution in [0.2, 0.25) is 20.1 Å². The smallest absolute Gasteiger partial charge is 0.231 e. The Morgan fingerprint density at radius 2 is 0.889 bits per heavy atom. The van der Waals surface area contributed by atoms with Crippen LogP contribution in [-0.2, 0) is 48.0 Å². The van der Waals surface area contributed by atoms with Crippen molar-refractivity contribution in [2.75, 3.05) is 164 Å². The fraction of sp³-hybridized carbons (Fsp3) is 0.444. The zero-order valence-electron chi connectivity index (χ0n) is 61.9. The normalized spacial score (nSPS) is 18.2. The average Bonchev–Trinajstić information content (AvgIpc) is 1.47. The highest BCUT2D eigenvalue weighted by molar-refractivity contribution is 7.92. The fourth-order valence-corrected chi connectivity index (χ4v) is 18.7. The Morgan fingerprint density at radius 1 is 0.481 bits per heavy atom. The van der Waals surface area contributed by atoms with Gasteiger partial charge in [0.1, 0.15) is 11.7 Å². The van der Waals surface area contributed by atoms with Crippen molar-refractivity contribution in [1.29, 1.82) is 0 Å². The molecule has 11 heterocycles. The number of carbonyl (C=O) groups excluding carboxylic acids is 1. The number of amides is 1. The number of nitrogens with one attached hydrogen (secondary N) is 3. The number of aliphatic imine (C=N–C) groups is 2. The number of aromatic nitrogens is 8. The number of hydrogen-bond acceptors (Lipinski definition) is 22. The van der Waals surface area contributed by atoms with Crippen LogP contribution in [0.1, 0.15) is 76.1 Å². The van der Waals surface area contributed by atoms with Gasteiger partial charge in [-0.1, -0.05) is 46.4 Å². The molecule has 7 aliphatic heterocycles. The lowest BCUT2D eigenvalue weighted by Gasteiger charge is -2.48. The maximum atomic E-state index is 12.1. The minimum absolute atomic E-state index is 0.119. The molecule has 0 atom stereocenters. The second kappa shape index (κ2) is 32.2. The van der Waals surface area contributed by atoms with E-state index in [0.29, 0.717) is 92.9 Å². The number of amidine groups is 2. The third kappa shape index (κ3) is 17.9. The summed E-state index contributed by atoms with van der Waals surface area (Å²) in [5, 5.41) is 27.1. The molecular formula is C72H92Cl4N22O7S3. The molecular weight excluding hydrogens is 1520 g/mol. The van der Waals surface area contributed by atoms with Gasteiger partial charge in [0.05, 0.1) is 78.2 Å². The Hall–Kier alpha value is -8.47. The van der Waals surface area contributed by atoms with Gasteiger partial charge in [0.15, 0.2) is 0 Å². The summed E-state index contributed by atoms with van der Waals surface area (Å²) in [7, 11) is -8.34. The van der Waals surface area contributed by atoms with E-state index < -0.39 is 35.6 Å². The van der Waals surface area contributed by atoms with Gasteiger partial charge in [-0.25, -0.2) is 35.2 Å². The number of piperazine rings is 4. The summed E-state index contributed by atoms with van der Waals surface area (Å²) in [5.74, 6) is 1.99. The molecule has 5 saturated heterocycles. The van der Waals surface area contributed by atoms with Crippen molar-refractivity contribution < 1.29 is 30.0 Å². The van der Waals surface area contributed by atoms with Crippen molar-refractivity contribution in [3.63, 3.8) is 0 Å². The molecule has 578 valence electrons. The third-order valence-electron chi connectivity index (χ3n) is 20.5. The van der Waals surface area contributed by atoms with Crippen LogP contribution in [-0.4, -0.2) is 239 Å². The van der Waals surface area contributed by atoms with Gasteiger partial charge >= 0.3 is 0 Å². The fourth-order valence-electron chi connectivity index (χ4n) is 15.2. The highest BCUT2D eigenvalue weighted by Crippen LogP contribution is 2.40. The van der Waals surface area contributed by atoms with Crippen LogP contribution in [0.15, 0.2) is 108 Å². The van der Waals surface area contributed by atoms with Crippen LogP contribution in [0.3, 0.4) is 0 Å². The van der Waals surface area contributed by atoms with E-state index in [4.69, 9.17) is 57.9 Å². The first-order valence-corrected chi connectivity index (χ1v) is 42.6. The molecule has 0 radical (unpaired) electrons. The van der Waals surface area contributed by atoms with Crippen molar-refractivity contribution in [3.05, 3.63) is 140 Å². The Bertz CT molecular complexity index is 5220. The van der Waals surface area contributed by atoms with Crippen molar-refractivity contribution in [2.45, 2.75) is 78.0 Å². The second-order valence-electron chi connectivity index (χ2n) is 29.0. The van der Waals surface area contributed by atoms with Crippen molar-refractivity contribution >= 4 is 167 Å². The van der Waals surface area contributed by atoms with Crippen LogP contribution in [0.5, 0.6) is 0 Å². The summed E-state index contributed by atoms with van der Waals surface area (Å²) < 4.78 is 75.5. The Balaban J connectivity index is 0.000000127. The van der Waals surface area contributed by atoms with E-state index in [9.17, 15) is 30.0 Å². The number of H-pyrrole nitrogens is 3. The van der Waals surface area contributed by atoms with Crippen molar-refractivity contribution in [2.24, 2.45) is 21.5 Å². The lowest BCUT2D eigenvalue weighted by Crippen LogP contribution is -2.60. The molecule has 108 heavy (non-hydrogen) atoms. The van der Waals surface area contributed by atoms with Gasteiger partial charge < -0.3 is 45.8 Å². The van der Waals surface area contributed by atoms with E-state index in [2.05, 4.69) is 93.8 Å². The SMILES string of the molecule is CC(=O)N1CCN(c2cc(Cl)cc3c2CN=C3N)CC1(C)C.CN(c1cc(N2CCN(S(C)(=O)=O)C(C)(C)C2)c2cn[nH]c2c1)S(C)(=O)=O.CS(=O)(=O)N1CCN(c2cc(Cl)cc3c2CN=C3N)CC1.Clc1cc(N2CCCCC2)c2cn[nH]c2c1.Clc1cc(N2CCN(c3ncccn3)CC2)c2cn[nH]c2c1. The molecule has 4 aromatic heterocycles. The average molecular weight is 1620 g/mol. The highest BCUT2D eigenvalue weighted by atomic mass is 35.5. The molecule has 0 spiro atoms. The molecule has 0 bridgehead atoms. The summed E-state index contributed by atoms with van der Waals surface area (Å²) in [6.07, 6.45) is 16.5. The first kappa shape index (κ1) is 79.1. The monoisotopic (exact) mass is 1610 g/mol. The van der Waals surface area contributed by atoms with Gasteiger partial charge in [0, 0.05) is 224 Å². The van der Waals surface area contributed by atoms with Gasteiger partial charge in [0.2, 0.25) is 41.9 Å². The first-order valence-electron chi connectivity index (χ1n) is 35.5. The van der Waals surface area contributed by atoms with Crippen LogP contribution < -0.4 is 45.2 Å². The number of nitrogens with two attached hydrogens (primary N) is 2. The maximum absolute atomic E-state index is 12.1. The first-order chi connectivity index (χ1) is 51.1. The Labute approximate surface area is 650 Å². The number of anilines is 7. The number of rotatable bonds is 10. The summed E-state index contributed by atoms with van der Waals surface area (Å²) >= 11 is 24.8. The van der Waals surface area contributed by atoms with E-state index in [-0.39, 0.29) is 11.4 Å². The molecule has 7 aliphatic rings. The quantitative estimate of drug-likeness (QED) is 0.0852. The van der Waals surface area contributed by atoms with E-state index in [1.54, 1.807) is 31.6 Å². The predicted molar refractivity (Wildman–Crippen MR) is 436 cm³/mol. The summed E-state index contributed by atoms with van der Waals surface area (Å²) in [6.45, 7) is 22.4. The van der Waals surface area contributed by atoms with Crippen LogP contribution >= 0.6 is 46.4 Å². The van der Waals surface area contributed by atoms with E-state index in [1.165, 1.54) is 62.8 Å². The zero-order valence-corrected chi connectivity index (χ0v) is 67.4.